The van der Waals surface area contributed by atoms with E-state index in [-0.39, 0.29) is 28.2 Å². The summed E-state index contributed by atoms with van der Waals surface area (Å²) in [4.78, 5) is 48.4. The van der Waals surface area contributed by atoms with Crippen molar-refractivity contribution in [3.63, 3.8) is 0 Å². The van der Waals surface area contributed by atoms with Gasteiger partial charge in [0.05, 0.1) is 0 Å². The van der Waals surface area contributed by atoms with Crippen molar-refractivity contribution in [3.05, 3.63) is 12.2 Å². The molecule has 0 bridgehead atoms. The fourth-order valence-electron chi connectivity index (χ4n) is 2.70. The molecule has 1 aliphatic rings. The molecule has 0 unspecified atom stereocenters. The van der Waals surface area contributed by atoms with Gasteiger partial charge in [-0.05, 0) is 0 Å². The third-order valence-corrected chi connectivity index (χ3v) is 5.17. The Morgan fingerprint density at radius 3 is 2.00 bits per heavy atom. The molecule has 5 atom stereocenters. The van der Waals surface area contributed by atoms with Gasteiger partial charge in [-0.3, -0.25) is 0 Å². The van der Waals surface area contributed by atoms with Gasteiger partial charge in [-0.25, -0.2) is 0 Å². The topological polar surface area (TPSA) is 147 Å². The number of rotatable bonds is 10. The zero-order chi connectivity index (χ0) is 23.6. The number of carbonyl (C=O) groups excluding carboxylic acids is 4. The third kappa shape index (κ3) is 9.48. The second-order valence-electron chi connectivity index (χ2n) is 6.51. The molecule has 1 saturated heterocycles. The standard InChI is InChI=1S/C19H25NO10Se/c1-10(8-31-9-20)6-26-19-18(29-14(5)24)17(28-13(4)23)16(27-12(3)22)15(30-19)7-25-11(2)21/h15-19H,1,6-8H2,2-5H3/t15-,16-,17+,18-,19-/m1/s1. The van der Waals surface area contributed by atoms with Gasteiger partial charge in [0.15, 0.2) is 0 Å². The summed E-state index contributed by atoms with van der Waals surface area (Å²) < 4.78 is 32.3. The van der Waals surface area contributed by atoms with E-state index in [9.17, 15) is 19.2 Å². The van der Waals surface area contributed by atoms with Crippen molar-refractivity contribution in [1.29, 1.82) is 5.26 Å². The Balaban J connectivity index is 3.21. The number of hydrogen-bond acceptors (Lipinski definition) is 11. The maximum atomic E-state index is 11.7. The Labute approximate surface area is 186 Å². The van der Waals surface area contributed by atoms with Crippen molar-refractivity contribution in [2.75, 3.05) is 13.2 Å². The van der Waals surface area contributed by atoms with E-state index < -0.39 is 54.6 Å². The maximum absolute atomic E-state index is 11.7. The van der Waals surface area contributed by atoms with Gasteiger partial charge in [0.2, 0.25) is 0 Å². The van der Waals surface area contributed by atoms with Gasteiger partial charge in [0.25, 0.3) is 0 Å². The number of nitriles is 1. The summed E-state index contributed by atoms with van der Waals surface area (Å²) in [5, 5.41) is 9.15. The molecule has 1 aliphatic heterocycles. The Morgan fingerprint density at radius 1 is 0.935 bits per heavy atom. The predicted octanol–water partition coefficient (Wildman–Crippen LogP) is 0.246. The van der Waals surface area contributed by atoms with E-state index in [4.69, 9.17) is 33.7 Å². The summed E-state index contributed by atoms with van der Waals surface area (Å²) in [6, 6.07) is 0. The van der Waals surface area contributed by atoms with Gasteiger partial charge >= 0.3 is 186 Å². The van der Waals surface area contributed by atoms with Crippen molar-refractivity contribution in [2.45, 2.75) is 63.7 Å². The van der Waals surface area contributed by atoms with Gasteiger partial charge in [-0.2, -0.15) is 0 Å². The van der Waals surface area contributed by atoms with Crippen molar-refractivity contribution in [1.82, 2.24) is 0 Å². The molecule has 1 fully saturated rings. The predicted molar refractivity (Wildman–Crippen MR) is 103 cm³/mol. The van der Waals surface area contributed by atoms with Gasteiger partial charge in [0.1, 0.15) is 0 Å². The Bertz CT molecular complexity index is 734. The van der Waals surface area contributed by atoms with Crippen LogP contribution < -0.4 is 0 Å². The molecular formula is C19H25NO10Se. The van der Waals surface area contributed by atoms with Crippen LogP contribution in [0.25, 0.3) is 0 Å². The van der Waals surface area contributed by atoms with Crippen LogP contribution in [0.2, 0.25) is 5.32 Å². The Morgan fingerprint density at radius 2 is 1.48 bits per heavy atom. The van der Waals surface area contributed by atoms with Crippen molar-refractivity contribution >= 4 is 38.8 Å². The van der Waals surface area contributed by atoms with E-state index in [2.05, 4.69) is 6.58 Å². The van der Waals surface area contributed by atoms with Crippen LogP contribution >= 0.6 is 0 Å². The molecule has 1 heterocycles. The van der Waals surface area contributed by atoms with Crippen molar-refractivity contribution in [3.8, 4) is 4.97 Å². The first kappa shape index (κ1) is 26.6. The van der Waals surface area contributed by atoms with Gasteiger partial charge in [-0.1, -0.05) is 0 Å². The van der Waals surface area contributed by atoms with Crippen LogP contribution in [-0.4, -0.2) is 82.8 Å². The van der Waals surface area contributed by atoms with Gasteiger partial charge in [-0.15, -0.1) is 0 Å². The van der Waals surface area contributed by atoms with Crippen LogP contribution in [0.3, 0.4) is 0 Å². The molecule has 0 aromatic heterocycles. The first-order valence-corrected chi connectivity index (χ1v) is 11.2. The summed E-state index contributed by atoms with van der Waals surface area (Å²) in [6.07, 6.45) is -6.15. The second kappa shape index (κ2) is 13.1. The van der Waals surface area contributed by atoms with Crippen LogP contribution in [0.15, 0.2) is 12.2 Å². The number of hydrogen-bond donors (Lipinski definition) is 0. The van der Waals surface area contributed by atoms with E-state index in [1.165, 1.54) is 6.92 Å². The van der Waals surface area contributed by atoms with Crippen LogP contribution in [0.1, 0.15) is 27.7 Å². The van der Waals surface area contributed by atoms with Crippen molar-refractivity contribution in [2.24, 2.45) is 0 Å². The SMILES string of the molecule is C=C(CO[C@@H]1O[C@H](COC(C)=O)[C@@H](OC(C)=O)[C@H](OC(C)=O)[C@H]1OC(C)=O)C[Se]C#N. The minimum atomic E-state index is -1.29. The molecule has 0 aliphatic carbocycles. The molecule has 12 heteroatoms. The van der Waals surface area contributed by atoms with E-state index in [1.807, 2.05) is 4.97 Å². The van der Waals surface area contributed by atoms with E-state index in [1.54, 1.807) is 0 Å². The molecule has 1 rings (SSSR count). The second-order valence-corrected chi connectivity index (χ2v) is 8.10. The zero-order valence-electron chi connectivity index (χ0n) is 17.7. The Hall–Kier alpha value is -2.45. The number of carbonyl (C=O) groups is 4. The quantitative estimate of drug-likeness (QED) is 0.174. The number of ether oxygens (including phenoxy) is 6. The fourth-order valence-corrected chi connectivity index (χ4v) is 3.44. The molecule has 172 valence electrons. The molecule has 0 N–H and O–H groups in total. The molecule has 0 saturated carbocycles. The zero-order valence-corrected chi connectivity index (χ0v) is 19.4. The summed E-state index contributed by atoms with van der Waals surface area (Å²) >= 11 is -0.304. The minimum absolute atomic E-state index is 0.0306. The van der Waals surface area contributed by atoms with Gasteiger partial charge in [0, 0.05) is 0 Å². The molecule has 0 aromatic rings. The van der Waals surface area contributed by atoms with Crippen molar-refractivity contribution < 1.29 is 47.6 Å². The van der Waals surface area contributed by atoms with Crippen LogP contribution in [0.4, 0.5) is 0 Å². The average molecular weight is 506 g/mol. The summed E-state index contributed by atoms with van der Waals surface area (Å²) in [5.74, 6) is -2.77. The molecule has 0 amide bonds. The number of esters is 4. The van der Waals surface area contributed by atoms with E-state index >= 15 is 0 Å². The van der Waals surface area contributed by atoms with Crippen LogP contribution in [0, 0.1) is 10.2 Å². The molecule has 0 radical (unpaired) electrons. The average Bonchev–Trinajstić information content (AvgIpc) is 2.65. The summed E-state index contributed by atoms with van der Waals surface area (Å²) in [6.45, 7) is 8.04. The third-order valence-electron chi connectivity index (χ3n) is 3.74. The first-order valence-electron chi connectivity index (χ1n) is 9.14. The van der Waals surface area contributed by atoms with E-state index in [0.717, 1.165) is 20.8 Å². The monoisotopic (exact) mass is 507 g/mol. The fraction of sp³-hybridized carbons (Fsp3) is 0.632. The molecule has 31 heavy (non-hydrogen) atoms. The normalized spacial score (nSPS) is 24.9. The van der Waals surface area contributed by atoms with E-state index in [0.29, 0.717) is 10.9 Å². The molecule has 0 spiro atoms. The van der Waals surface area contributed by atoms with Gasteiger partial charge < -0.3 is 0 Å². The molecule has 11 nitrogen and oxygen atoms in total. The number of nitrogens with zero attached hydrogens (tertiary/aromatic N) is 1. The molecular weight excluding hydrogens is 481 g/mol. The summed E-state index contributed by atoms with van der Waals surface area (Å²) in [5.41, 5.74) is 0.606. The summed E-state index contributed by atoms with van der Waals surface area (Å²) in [7, 11) is 0. The van der Waals surface area contributed by atoms with Crippen LogP contribution in [0.5, 0.6) is 0 Å². The first-order chi connectivity index (χ1) is 14.5. The molecule has 0 aromatic carbocycles. The Kier molecular flexibility index (Phi) is 11.2. The van der Waals surface area contributed by atoms with Crippen LogP contribution in [-0.2, 0) is 47.6 Å².